The van der Waals surface area contributed by atoms with Gasteiger partial charge in [-0.05, 0) is 31.0 Å². The molecule has 0 radical (unpaired) electrons. The molecule has 0 spiro atoms. The molecule has 0 saturated heterocycles. The van der Waals surface area contributed by atoms with E-state index in [2.05, 4.69) is 20.9 Å². The van der Waals surface area contributed by atoms with Crippen LogP contribution in [0.25, 0.3) is 0 Å². The second kappa shape index (κ2) is 11.8. The van der Waals surface area contributed by atoms with Crippen LogP contribution in [0.5, 0.6) is 0 Å². The Morgan fingerprint density at radius 1 is 1.15 bits per heavy atom. The lowest BCUT2D eigenvalue weighted by atomic mass is 10.2. The van der Waals surface area contributed by atoms with Crippen LogP contribution in [0.15, 0.2) is 46.0 Å². The molecule has 3 N–H and O–H groups in total. The van der Waals surface area contributed by atoms with Crippen molar-refractivity contribution in [2.45, 2.75) is 19.9 Å². The first kappa shape index (κ1) is 22.3. The van der Waals surface area contributed by atoms with Crippen molar-refractivity contribution in [3.63, 3.8) is 0 Å². The van der Waals surface area contributed by atoms with Gasteiger partial charge in [-0.1, -0.05) is 29.8 Å². The summed E-state index contributed by atoms with van der Waals surface area (Å²) in [4.78, 5) is 16.1. The van der Waals surface area contributed by atoms with Crippen LogP contribution in [0.3, 0.4) is 0 Å². The molecule has 0 aliphatic heterocycles. The molecule has 2 aromatic rings. The lowest BCUT2D eigenvalue weighted by Crippen LogP contribution is -2.38. The topological polar surface area (TPSA) is 78.7 Å². The summed E-state index contributed by atoms with van der Waals surface area (Å²) in [6.07, 6.45) is 2.28. The highest BCUT2D eigenvalue weighted by Gasteiger charge is 2.11. The number of guanidine groups is 1. The molecule has 1 amide bonds. The fraction of sp³-hybridized carbons (Fsp3) is 0.333. The van der Waals surface area contributed by atoms with Gasteiger partial charge in [-0.15, -0.1) is 24.0 Å². The number of hydrogen-bond acceptors (Lipinski definition) is 3. The summed E-state index contributed by atoms with van der Waals surface area (Å²) in [5.74, 6) is 0.863. The molecule has 2 rings (SSSR count). The molecule has 0 unspecified atom stereocenters. The van der Waals surface area contributed by atoms with Crippen LogP contribution in [0.2, 0.25) is 5.02 Å². The average molecular weight is 491 g/mol. The summed E-state index contributed by atoms with van der Waals surface area (Å²) < 4.78 is 5.15. The van der Waals surface area contributed by atoms with E-state index < -0.39 is 0 Å². The molecule has 0 atom stereocenters. The number of hydrogen-bond donors (Lipinski definition) is 3. The maximum absolute atomic E-state index is 11.9. The number of aliphatic imine (C=N–C) groups is 1. The van der Waals surface area contributed by atoms with Crippen molar-refractivity contribution in [1.29, 1.82) is 0 Å². The van der Waals surface area contributed by atoms with Crippen LogP contribution in [-0.4, -0.2) is 32.0 Å². The summed E-state index contributed by atoms with van der Waals surface area (Å²) in [6, 6.07) is 9.44. The molecule has 0 bridgehead atoms. The molecule has 1 heterocycles. The van der Waals surface area contributed by atoms with Crippen molar-refractivity contribution in [3.8, 4) is 0 Å². The zero-order valence-electron chi connectivity index (χ0n) is 14.8. The van der Waals surface area contributed by atoms with Crippen molar-refractivity contribution < 1.29 is 9.21 Å². The van der Waals surface area contributed by atoms with Crippen LogP contribution < -0.4 is 16.0 Å². The number of halogens is 2. The minimum absolute atomic E-state index is 0. The van der Waals surface area contributed by atoms with E-state index >= 15 is 0 Å². The number of carbonyl (C=O) groups excluding carboxylic acids is 1. The SMILES string of the molecule is CN=C(NCCCNC(=O)c1occc1C)NCc1ccccc1Cl.I. The average Bonchev–Trinajstić information content (AvgIpc) is 3.04. The summed E-state index contributed by atoms with van der Waals surface area (Å²) >= 11 is 6.13. The monoisotopic (exact) mass is 490 g/mol. The van der Waals surface area contributed by atoms with Crippen molar-refractivity contribution in [3.05, 3.63) is 58.5 Å². The van der Waals surface area contributed by atoms with Crippen LogP contribution in [-0.2, 0) is 6.54 Å². The van der Waals surface area contributed by atoms with Gasteiger partial charge in [0.1, 0.15) is 0 Å². The first-order valence-electron chi connectivity index (χ1n) is 8.12. The van der Waals surface area contributed by atoms with Gasteiger partial charge in [-0.25, -0.2) is 0 Å². The quantitative estimate of drug-likeness (QED) is 0.241. The lowest BCUT2D eigenvalue weighted by Gasteiger charge is -2.12. The molecule has 1 aromatic heterocycles. The molecule has 6 nitrogen and oxygen atoms in total. The number of benzene rings is 1. The van der Waals surface area contributed by atoms with Crippen molar-refractivity contribution in [2.75, 3.05) is 20.1 Å². The predicted octanol–water partition coefficient (Wildman–Crippen LogP) is 3.34. The highest BCUT2D eigenvalue weighted by molar-refractivity contribution is 14.0. The summed E-state index contributed by atoms with van der Waals surface area (Å²) in [7, 11) is 1.71. The Bertz CT molecular complexity index is 733. The number of furan rings is 1. The predicted molar refractivity (Wildman–Crippen MR) is 115 cm³/mol. The molecular formula is C18H24ClIN4O2. The summed E-state index contributed by atoms with van der Waals surface area (Å²) in [5.41, 5.74) is 1.84. The Kier molecular flexibility index (Phi) is 10.1. The van der Waals surface area contributed by atoms with E-state index in [4.69, 9.17) is 16.0 Å². The summed E-state index contributed by atoms with van der Waals surface area (Å²) in [5, 5.41) is 9.96. The van der Waals surface area contributed by atoms with Gasteiger partial charge in [-0.3, -0.25) is 9.79 Å². The molecule has 26 heavy (non-hydrogen) atoms. The second-order valence-corrected chi connectivity index (χ2v) is 5.89. The Morgan fingerprint density at radius 3 is 2.54 bits per heavy atom. The fourth-order valence-electron chi connectivity index (χ4n) is 2.22. The second-order valence-electron chi connectivity index (χ2n) is 5.49. The van der Waals surface area contributed by atoms with E-state index in [0.29, 0.717) is 31.4 Å². The Hall–Kier alpha value is -1.74. The third-order valence-corrected chi connectivity index (χ3v) is 4.00. The molecule has 142 valence electrons. The molecular weight excluding hydrogens is 467 g/mol. The zero-order chi connectivity index (χ0) is 18.1. The molecule has 1 aromatic carbocycles. The smallest absolute Gasteiger partial charge is 0.287 e. The highest BCUT2D eigenvalue weighted by atomic mass is 127. The van der Waals surface area contributed by atoms with Crippen LogP contribution in [0, 0.1) is 6.92 Å². The molecule has 0 aliphatic carbocycles. The number of carbonyl (C=O) groups is 1. The Morgan fingerprint density at radius 2 is 1.88 bits per heavy atom. The number of nitrogens with zero attached hydrogens (tertiary/aromatic N) is 1. The minimum atomic E-state index is -0.191. The fourth-order valence-corrected chi connectivity index (χ4v) is 2.43. The molecule has 0 fully saturated rings. The zero-order valence-corrected chi connectivity index (χ0v) is 17.9. The van der Waals surface area contributed by atoms with E-state index in [9.17, 15) is 4.79 Å². The van der Waals surface area contributed by atoms with Crippen molar-refractivity contribution in [2.24, 2.45) is 4.99 Å². The van der Waals surface area contributed by atoms with E-state index in [1.807, 2.05) is 31.2 Å². The van der Waals surface area contributed by atoms with Crippen LogP contribution in [0.1, 0.15) is 28.1 Å². The van der Waals surface area contributed by atoms with E-state index in [1.165, 1.54) is 6.26 Å². The Balaban J connectivity index is 0.00000338. The number of aryl methyl sites for hydroxylation is 1. The van der Waals surface area contributed by atoms with Crippen LogP contribution in [0.4, 0.5) is 0 Å². The third kappa shape index (κ3) is 6.87. The largest absolute Gasteiger partial charge is 0.459 e. The first-order chi connectivity index (χ1) is 12.1. The number of amides is 1. The molecule has 0 aliphatic rings. The van der Waals surface area contributed by atoms with Gasteiger partial charge in [0, 0.05) is 37.3 Å². The van der Waals surface area contributed by atoms with E-state index in [0.717, 1.165) is 22.6 Å². The maximum Gasteiger partial charge on any atom is 0.287 e. The number of nitrogens with one attached hydrogen (secondary N) is 3. The van der Waals surface area contributed by atoms with Gasteiger partial charge in [-0.2, -0.15) is 0 Å². The number of rotatable bonds is 7. The van der Waals surface area contributed by atoms with Crippen LogP contribution >= 0.6 is 35.6 Å². The Labute approximate surface area is 175 Å². The first-order valence-corrected chi connectivity index (χ1v) is 8.50. The maximum atomic E-state index is 11.9. The van der Waals surface area contributed by atoms with Gasteiger partial charge >= 0.3 is 0 Å². The van der Waals surface area contributed by atoms with Gasteiger partial charge in [0.05, 0.1) is 6.26 Å². The highest BCUT2D eigenvalue weighted by Crippen LogP contribution is 2.14. The van der Waals surface area contributed by atoms with Gasteiger partial charge in [0.15, 0.2) is 11.7 Å². The van der Waals surface area contributed by atoms with Gasteiger partial charge in [0.25, 0.3) is 5.91 Å². The third-order valence-electron chi connectivity index (χ3n) is 3.63. The van der Waals surface area contributed by atoms with Crippen molar-refractivity contribution >= 4 is 47.4 Å². The summed E-state index contributed by atoms with van der Waals surface area (Å²) in [6.45, 7) is 3.66. The van der Waals surface area contributed by atoms with Gasteiger partial charge in [0.2, 0.25) is 0 Å². The van der Waals surface area contributed by atoms with E-state index in [-0.39, 0.29) is 29.9 Å². The lowest BCUT2D eigenvalue weighted by molar-refractivity contribution is 0.0925. The normalized spacial score (nSPS) is 10.8. The minimum Gasteiger partial charge on any atom is -0.459 e. The van der Waals surface area contributed by atoms with E-state index in [1.54, 1.807) is 13.1 Å². The van der Waals surface area contributed by atoms with Crippen molar-refractivity contribution in [1.82, 2.24) is 16.0 Å². The van der Waals surface area contributed by atoms with Gasteiger partial charge < -0.3 is 20.4 Å². The molecule has 8 heteroatoms. The standard InChI is InChI=1S/C18H23ClN4O2.HI/c1-13-8-11-25-16(13)17(24)21-9-5-10-22-18(20-2)23-12-14-6-3-4-7-15(14)19;/h3-4,6-8,11H,5,9-10,12H2,1-2H3,(H,21,24)(H2,20,22,23);1H. The molecule has 0 saturated carbocycles.